The molecule has 0 aromatic heterocycles. The van der Waals surface area contributed by atoms with Crippen molar-refractivity contribution >= 4 is 46.3 Å². The third-order valence-electron chi connectivity index (χ3n) is 5.78. The number of hydrogen-bond donors (Lipinski definition) is 1. The van der Waals surface area contributed by atoms with Crippen LogP contribution < -0.4 is 10.2 Å². The van der Waals surface area contributed by atoms with Crippen LogP contribution in [0.3, 0.4) is 0 Å². The number of halogens is 1. The van der Waals surface area contributed by atoms with Crippen molar-refractivity contribution in [3.63, 3.8) is 0 Å². The van der Waals surface area contributed by atoms with Crippen molar-refractivity contribution in [1.29, 1.82) is 0 Å². The van der Waals surface area contributed by atoms with E-state index in [-0.39, 0.29) is 41.6 Å². The molecular formula is C24H24FN3O4S. The predicted molar refractivity (Wildman–Crippen MR) is 126 cm³/mol. The Kier molecular flexibility index (Phi) is 6.80. The molecule has 172 valence electrons. The summed E-state index contributed by atoms with van der Waals surface area (Å²) in [5.41, 5.74) is 1.17. The van der Waals surface area contributed by atoms with Crippen molar-refractivity contribution in [3.8, 4) is 0 Å². The highest BCUT2D eigenvalue weighted by Gasteiger charge is 2.45. The maximum absolute atomic E-state index is 14.7. The quantitative estimate of drug-likeness (QED) is 0.494. The van der Waals surface area contributed by atoms with E-state index in [1.165, 1.54) is 28.9 Å². The van der Waals surface area contributed by atoms with E-state index in [2.05, 4.69) is 5.32 Å². The summed E-state index contributed by atoms with van der Waals surface area (Å²) >= 11 is 5.56. The van der Waals surface area contributed by atoms with Crippen LogP contribution in [0.15, 0.2) is 48.5 Å². The predicted octanol–water partition coefficient (Wildman–Crippen LogP) is 3.54. The standard InChI is InChI=1S/C24H24FN3O4S/c1-15(29)16-8-10-17(11-9-16)26-22(30)13-21-23(31)27(14-18-5-4-12-32-18)24(33)28(21)20-7-3-2-6-19(20)25/h2-3,6-11,18,21H,4-5,12-14H2,1H3,(H,26,30). The lowest BCUT2D eigenvalue weighted by atomic mass is 10.1. The van der Waals surface area contributed by atoms with Crippen LogP contribution in [0.4, 0.5) is 15.8 Å². The van der Waals surface area contributed by atoms with Gasteiger partial charge in [0.15, 0.2) is 10.9 Å². The third kappa shape index (κ3) is 4.94. The molecule has 33 heavy (non-hydrogen) atoms. The van der Waals surface area contributed by atoms with Gasteiger partial charge in [0.25, 0.3) is 5.91 Å². The minimum Gasteiger partial charge on any atom is -0.376 e. The largest absolute Gasteiger partial charge is 0.376 e. The summed E-state index contributed by atoms with van der Waals surface area (Å²) in [5.74, 6) is -1.39. The number of nitrogens with zero attached hydrogens (tertiary/aromatic N) is 2. The molecule has 0 bridgehead atoms. The molecule has 2 atom stereocenters. The van der Waals surface area contributed by atoms with E-state index in [9.17, 15) is 18.8 Å². The summed E-state index contributed by atoms with van der Waals surface area (Å²) in [6, 6.07) is 11.5. The van der Waals surface area contributed by atoms with Crippen LogP contribution in [0.25, 0.3) is 0 Å². The first kappa shape index (κ1) is 23.0. The lowest BCUT2D eigenvalue weighted by Gasteiger charge is -2.25. The van der Waals surface area contributed by atoms with Crippen molar-refractivity contribution in [3.05, 3.63) is 59.9 Å². The van der Waals surface area contributed by atoms with Crippen molar-refractivity contribution in [2.45, 2.75) is 38.3 Å². The fourth-order valence-corrected chi connectivity index (χ4v) is 4.47. The van der Waals surface area contributed by atoms with Gasteiger partial charge in [-0.2, -0.15) is 0 Å². The van der Waals surface area contributed by atoms with Gasteiger partial charge in [-0.05, 0) is 68.4 Å². The fourth-order valence-electron chi connectivity index (χ4n) is 4.08. The third-order valence-corrected chi connectivity index (χ3v) is 6.19. The average molecular weight is 470 g/mol. The second kappa shape index (κ2) is 9.76. The molecule has 2 unspecified atom stereocenters. The van der Waals surface area contributed by atoms with E-state index in [4.69, 9.17) is 17.0 Å². The van der Waals surface area contributed by atoms with Crippen LogP contribution in [-0.2, 0) is 14.3 Å². The second-order valence-electron chi connectivity index (χ2n) is 8.09. The number of anilines is 2. The van der Waals surface area contributed by atoms with Crippen LogP contribution in [-0.4, -0.2) is 52.9 Å². The van der Waals surface area contributed by atoms with Gasteiger partial charge in [0.05, 0.1) is 24.8 Å². The van der Waals surface area contributed by atoms with Crippen LogP contribution >= 0.6 is 12.2 Å². The van der Waals surface area contributed by atoms with Gasteiger partial charge in [0.1, 0.15) is 11.9 Å². The highest BCUT2D eigenvalue weighted by Crippen LogP contribution is 2.31. The highest BCUT2D eigenvalue weighted by molar-refractivity contribution is 7.80. The molecule has 0 spiro atoms. The topological polar surface area (TPSA) is 79.0 Å². The van der Waals surface area contributed by atoms with E-state index in [1.807, 2.05) is 0 Å². The van der Waals surface area contributed by atoms with Gasteiger partial charge in [0, 0.05) is 17.9 Å². The highest BCUT2D eigenvalue weighted by atomic mass is 32.1. The zero-order valence-corrected chi connectivity index (χ0v) is 18.9. The van der Waals surface area contributed by atoms with Crippen molar-refractivity contribution < 1.29 is 23.5 Å². The van der Waals surface area contributed by atoms with Crippen molar-refractivity contribution in [1.82, 2.24) is 4.90 Å². The Bertz CT molecular complexity index is 1090. The Morgan fingerprint density at radius 1 is 1.18 bits per heavy atom. The maximum Gasteiger partial charge on any atom is 0.252 e. The first-order chi connectivity index (χ1) is 15.8. The first-order valence-electron chi connectivity index (χ1n) is 10.8. The molecule has 2 aliphatic rings. The Morgan fingerprint density at radius 2 is 1.91 bits per heavy atom. The van der Waals surface area contributed by atoms with Gasteiger partial charge in [-0.3, -0.25) is 19.3 Å². The fraction of sp³-hybridized carbons (Fsp3) is 0.333. The number of benzene rings is 2. The minimum atomic E-state index is -0.979. The summed E-state index contributed by atoms with van der Waals surface area (Å²) in [6.07, 6.45) is 1.36. The molecule has 0 aliphatic carbocycles. The van der Waals surface area contributed by atoms with E-state index in [0.717, 1.165) is 12.8 Å². The molecule has 7 nitrogen and oxygen atoms in total. The van der Waals surface area contributed by atoms with Gasteiger partial charge >= 0.3 is 0 Å². The Balaban J connectivity index is 1.55. The minimum absolute atomic E-state index is 0.0789. The number of hydrogen-bond acceptors (Lipinski definition) is 5. The van der Waals surface area contributed by atoms with E-state index in [1.54, 1.807) is 36.4 Å². The molecule has 2 fully saturated rings. The zero-order valence-electron chi connectivity index (χ0n) is 18.1. The van der Waals surface area contributed by atoms with Gasteiger partial charge in [-0.25, -0.2) is 4.39 Å². The number of ether oxygens (including phenoxy) is 1. The molecule has 0 saturated carbocycles. The molecular weight excluding hydrogens is 445 g/mol. The van der Waals surface area contributed by atoms with Gasteiger partial charge < -0.3 is 15.0 Å². The lowest BCUT2D eigenvalue weighted by Crippen LogP contribution is -2.38. The maximum atomic E-state index is 14.7. The van der Waals surface area contributed by atoms with E-state index < -0.39 is 17.8 Å². The summed E-state index contributed by atoms with van der Waals surface area (Å²) in [6.45, 7) is 2.36. The van der Waals surface area contributed by atoms with Crippen LogP contribution in [0, 0.1) is 5.82 Å². The number of para-hydroxylation sites is 1. The number of nitrogens with one attached hydrogen (secondary N) is 1. The molecule has 2 amide bonds. The van der Waals surface area contributed by atoms with Gasteiger partial charge in [-0.1, -0.05) is 12.1 Å². The molecule has 0 radical (unpaired) electrons. The lowest BCUT2D eigenvalue weighted by molar-refractivity contribution is -0.129. The number of Topliss-reactive ketones (excluding diaryl/α,β-unsaturated/α-hetero) is 1. The van der Waals surface area contributed by atoms with Crippen LogP contribution in [0.5, 0.6) is 0 Å². The van der Waals surface area contributed by atoms with Crippen LogP contribution in [0.2, 0.25) is 0 Å². The van der Waals surface area contributed by atoms with Crippen molar-refractivity contribution in [2.75, 3.05) is 23.4 Å². The molecule has 2 saturated heterocycles. The number of carbonyl (C=O) groups is 3. The van der Waals surface area contributed by atoms with Gasteiger partial charge in [0.2, 0.25) is 5.91 Å². The molecule has 2 aromatic carbocycles. The van der Waals surface area contributed by atoms with E-state index in [0.29, 0.717) is 17.9 Å². The molecule has 9 heteroatoms. The normalized spacial score (nSPS) is 20.4. The van der Waals surface area contributed by atoms with Crippen LogP contribution in [0.1, 0.15) is 36.5 Å². The number of amides is 2. The molecule has 2 heterocycles. The first-order valence-corrected chi connectivity index (χ1v) is 11.2. The number of carbonyl (C=O) groups excluding carboxylic acids is 3. The van der Waals surface area contributed by atoms with Crippen molar-refractivity contribution in [2.24, 2.45) is 0 Å². The Morgan fingerprint density at radius 3 is 2.55 bits per heavy atom. The molecule has 2 aromatic rings. The summed E-state index contributed by atoms with van der Waals surface area (Å²) in [7, 11) is 0. The smallest absolute Gasteiger partial charge is 0.252 e. The number of thiocarbonyl (C=S) groups is 1. The Hall–Kier alpha value is -3.17. The summed E-state index contributed by atoms with van der Waals surface area (Å²) in [4.78, 5) is 40.4. The molecule has 4 rings (SSSR count). The second-order valence-corrected chi connectivity index (χ2v) is 8.45. The summed E-state index contributed by atoms with van der Waals surface area (Å²) < 4.78 is 20.3. The molecule has 1 N–H and O–H groups in total. The number of ketones is 1. The summed E-state index contributed by atoms with van der Waals surface area (Å²) in [5, 5.41) is 2.89. The SMILES string of the molecule is CC(=O)c1ccc(NC(=O)CC2C(=O)N(CC3CCCO3)C(=S)N2c2ccccc2F)cc1. The average Bonchev–Trinajstić information content (AvgIpc) is 3.38. The van der Waals surface area contributed by atoms with E-state index >= 15 is 0 Å². The monoisotopic (exact) mass is 469 g/mol. The van der Waals surface area contributed by atoms with Gasteiger partial charge in [-0.15, -0.1) is 0 Å². The molecule has 2 aliphatic heterocycles. The zero-order chi connectivity index (χ0) is 23.5. The number of rotatable bonds is 7. The Labute approximate surface area is 196 Å².